The van der Waals surface area contributed by atoms with Crippen molar-refractivity contribution in [2.45, 2.75) is 45.1 Å². The maximum absolute atomic E-state index is 4.89. The molecule has 24 heavy (non-hydrogen) atoms. The Kier molecular flexibility index (Phi) is 5.56. The van der Waals surface area contributed by atoms with Crippen molar-refractivity contribution in [2.75, 3.05) is 7.05 Å². The first kappa shape index (κ1) is 17.0. The predicted octanol–water partition coefficient (Wildman–Crippen LogP) is 4.28. The van der Waals surface area contributed by atoms with Gasteiger partial charge in [0.25, 0.3) is 0 Å². The molecule has 0 unspecified atom stereocenters. The summed E-state index contributed by atoms with van der Waals surface area (Å²) in [6.45, 7) is 2.10. The highest BCUT2D eigenvalue weighted by Crippen LogP contribution is 2.24. The summed E-state index contributed by atoms with van der Waals surface area (Å²) in [5.74, 6) is 0.904. The number of aromatic nitrogens is 3. The predicted molar refractivity (Wildman–Crippen MR) is 103 cm³/mol. The zero-order valence-electron chi connectivity index (χ0n) is 14.6. The van der Waals surface area contributed by atoms with Crippen molar-refractivity contribution >= 4 is 21.8 Å². The number of rotatable bonds is 3. The summed E-state index contributed by atoms with van der Waals surface area (Å²) in [4.78, 5) is 11.0. The number of nitrogens with one attached hydrogen (secondary N) is 1. The summed E-state index contributed by atoms with van der Waals surface area (Å²) in [5, 5.41) is 9.54. The van der Waals surface area contributed by atoms with Crippen molar-refractivity contribution in [1.82, 2.24) is 15.0 Å². The molecule has 128 valence electrons. The molecule has 5 nitrogen and oxygen atoms in total. The number of H-pyrrole nitrogens is 1. The summed E-state index contributed by atoms with van der Waals surface area (Å²) < 4.78 is 0. The van der Waals surface area contributed by atoms with Gasteiger partial charge in [0, 0.05) is 25.2 Å². The molecule has 2 aromatic rings. The zero-order valence-corrected chi connectivity index (χ0v) is 15.4. The highest BCUT2D eigenvalue weighted by molar-refractivity contribution is 8.27. The zero-order chi connectivity index (χ0) is 16.9. The van der Waals surface area contributed by atoms with Crippen molar-refractivity contribution < 1.29 is 0 Å². The number of aliphatic imine (C=N–C) groups is 2. The number of aryl methyl sites for hydroxylation is 1. The normalized spacial score (nSPS) is 17.5. The first-order valence-electron chi connectivity index (χ1n) is 8.54. The van der Waals surface area contributed by atoms with E-state index in [1.165, 1.54) is 32.1 Å². The molecule has 0 bridgehead atoms. The van der Waals surface area contributed by atoms with E-state index >= 15 is 0 Å². The molecule has 1 aliphatic carbocycles. The standard InChI is InChI=1S/C18H25N5S/c1-13(20-16-7-5-4-6-8-16)24-18(19-2)15-11-9-14(10-12-15)17-21-23(3)22-17/h9-12,16H,4-8H2,1-3H3,(H,21,22). The molecule has 1 N–H and O–H groups in total. The Hall–Kier alpha value is -1.82. The van der Waals surface area contributed by atoms with E-state index in [9.17, 15) is 0 Å². The fourth-order valence-corrected chi connectivity index (χ4v) is 3.89. The Morgan fingerprint density at radius 3 is 2.46 bits per heavy atom. The van der Waals surface area contributed by atoms with Gasteiger partial charge in [-0.05, 0) is 19.8 Å². The smallest absolute Gasteiger partial charge is 0.175 e. The molecule has 1 saturated carbocycles. The highest BCUT2D eigenvalue weighted by atomic mass is 32.2. The molecule has 0 atom stereocenters. The molecule has 6 heteroatoms. The molecule has 1 aromatic carbocycles. The molecule has 1 aromatic heterocycles. The van der Waals surface area contributed by atoms with Crippen LogP contribution in [0.4, 0.5) is 0 Å². The number of nitrogens with zero attached hydrogens (tertiary/aromatic N) is 4. The molecule has 3 rings (SSSR count). The molecule has 0 radical (unpaired) electrons. The van der Waals surface area contributed by atoms with Crippen molar-refractivity contribution in [2.24, 2.45) is 17.0 Å². The van der Waals surface area contributed by atoms with Gasteiger partial charge in [-0.15, -0.1) is 5.10 Å². The van der Waals surface area contributed by atoms with Gasteiger partial charge in [-0.1, -0.05) is 55.3 Å². The van der Waals surface area contributed by atoms with Gasteiger partial charge >= 0.3 is 0 Å². The lowest BCUT2D eigenvalue weighted by Gasteiger charge is -2.18. The molecule has 0 spiro atoms. The Balaban J connectivity index is 1.66. The van der Waals surface area contributed by atoms with E-state index in [0.717, 1.165) is 27.0 Å². The monoisotopic (exact) mass is 343 g/mol. The van der Waals surface area contributed by atoms with Gasteiger partial charge in [0.15, 0.2) is 5.82 Å². The lowest BCUT2D eigenvalue weighted by molar-refractivity contribution is 0.444. The van der Waals surface area contributed by atoms with Crippen LogP contribution in [0.1, 0.15) is 44.6 Å². The summed E-state index contributed by atoms with van der Waals surface area (Å²) >= 11 is 1.67. The van der Waals surface area contributed by atoms with E-state index in [-0.39, 0.29) is 0 Å². The minimum absolute atomic E-state index is 0.506. The molecular formula is C18H25N5S. The van der Waals surface area contributed by atoms with Gasteiger partial charge < -0.3 is 0 Å². The molecule has 1 aliphatic rings. The maximum atomic E-state index is 4.89. The van der Waals surface area contributed by atoms with Gasteiger partial charge in [-0.2, -0.15) is 0 Å². The second kappa shape index (κ2) is 7.83. The third-order valence-electron chi connectivity index (χ3n) is 4.31. The van der Waals surface area contributed by atoms with Crippen LogP contribution in [-0.4, -0.2) is 38.2 Å². The van der Waals surface area contributed by atoms with E-state index in [4.69, 9.17) is 4.99 Å². The Labute approximate surface area is 147 Å². The van der Waals surface area contributed by atoms with Crippen molar-refractivity contribution in [3.05, 3.63) is 29.8 Å². The largest absolute Gasteiger partial charge is 0.281 e. The number of benzene rings is 1. The average molecular weight is 344 g/mol. The maximum Gasteiger partial charge on any atom is 0.175 e. The van der Waals surface area contributed by atoms with Crippen LogP contribution in [0.3, 0.4) is 0 Å². The van der Waals surface area contributed by atoms with Crippen LogP contribution in [0.25, 0.3) is 11.4 Å². The Morgan fingerprint density at radius 1 is 1.21 bits per heavy atom. The number of hydrogen-bond donors (Lipinski definition) is 1. The van der Waals surface area contributed by atoms with Crippen molar-refractivity contribution in [3.8, 4) is 11.4 Å². The SMILES string of the molecule is CN=C(SC(C)=NC1CCCCC1)c1ccc(-c2nn(C)[nH]2)cc1. The quantitative estimate of drug-likeness (QED) is 0.668. The van der Waals surface area contributed by atoms with Gasteiger partial charge in [-0.25, -0.2) is 4.80 Å². The van der Waals surface area contributed by atoms with Crippen LogP contribution < -0.4 is 0 Å². The third kappa shape index (κ3) is 4.17. The molecular weight excluding hydrogens is 318 g/mol. The number of aromatic amines is 1. The van der Waals surface area contributed by atoms with E-state index in [1.54, 1.807) is 16.6 Å². The van der Waals surface area contributed by atoms with Gasteiger partial charge in [0.1, 0.15) is 5.04 Å². The van der Waals surface area contributed by atoms with Gasteiger partial charge in [0.05, 0.1) is 11.1 Å². The van der Waals surface area contributed by atoms with Crippen molar-refractivity contribution in [3.63, 3.8) is 0 Å². The lowest BCUT2D eigenvalue weighted by atomic mass is 9.96. The summed E-state index contributed by atoms with van der Waals surface area (Å²) in [6.07, 6.45) is 6.45. The molecule has 0 aliphatic heterocycles. The van der Waals surface area contributed by atoms with E-state index in [0.29, 0.717) is 6.04 Å². The third-order valence-corrected chi connectivity index (χ3v) is 5.32. The van der Waals surface area contributed by atoms with Gasteiger partial charge in [-0.3, -0.25) is 15.1 Å². The minimum atomic E-state index is 0.506. The van der Waals surface area contributed by atoms with Crippen LogP contribution in [0.2, 0.25) is 0 Å². The fraction of sp³-hybridized carbons (Fsp3) is 0.500. The Morgan fingerprint density at radius 2 is 1.88 bits per heavy atom. The lowest BCUT2D eigenvalue weighted by Crippen LogP contribution is -2.12. The highest BCUT2D eigenvalue weighted by Gasteiger charge is 2.14. The summed E-state index contributed by atoms with van der Waals surface area (Å²) in [7, 11) is 3.72. The molecule has 0 amide bonds. The van der Waals surface area contributed by atoms with E-state index < -0.39 is 0 Å². The van der Waals surface area contributed by atoms with Crippen LogP contribution in [0.15, 0.2) is 34.3 Å². The fourth-order valence-electron chi connectivity index (χ4n) is 3.07. The van der Waals surface area contributed by atoms with Crippen molar-refractivity contribution in [1.29, 1.82) is 0 Å². The minimum Gasteiger partial charge on any atom is -0.281 e. The van der Waals surface area contributed by atoms with Crippen LogP contribution in [-0.2, 0) is 7.05 Å². The summed E-state index contributed by atoms with van der Waals surface area (Å²) in [6, 6.07) is 8.86. The van der Waals surface area contributed by atoms with E-state index in [1.807, 2.05) is 14.1 Å². The first-order valence-corrected chi connectivity index (χ1v) is 9.36. The molecule has 0 saturated heterocycles. The Bertz CT molecular complexity index is 705. The molecule has 1 fully saturated rings. The molecule has 1 heterocycles. The van der Waals surface area contributed by atoms with Gasteiger partial charge in [0.2, 0.25) is 0 Å². The second-order valence-corrected chi connectivity index (χ2v) is 7.41. The van der Waals surface area contributed by atoms with Crippen LogP contribution in [0.5, 0.6) is 0 Å². The summed E-state index contributed by atoms with van der Waals surface area (Å²) in [5.41, 5.74) is 2.21. The average Bonchev–Trinajstić information content (AvgIpc) is 2.58. The van der Waals surface area contributed by atoms with E-state index in [2.05, 4.69) is 46.4 Å². The number of thioether (sulfide) groups is 1. The second-order valence-electron chi connectivity index (χ2n) is 6.23. The number of hydrogen-bond acceptors (Lipinski definition) is 4. The van der Waals surface area contributed by atoms with Crippen LogP contribution in [0, 0.1) is 0 Å². The topological polar surface area (TPSA) is 58.3 Å². The van der Waals surface area contributed by atoms with Crippen LogP contribution >= 0.6 is 11.8 Å². The first-order chi connectivity index (χ1) is 11.7.